The molecule has 4 aliphatic carbocycles. The largest absolute Gasteiger partial charge is 0.393 e. The highest BCUT2D eigenvalue weighted by Gasteiger charge is 2.60. The first-order valence-electron chi connectivity index (χ1n) is 16.1. The molecule has 1 unspecified atom stereocenters. The van der Waals surface area contributed by atoms with Crippen molar-refractivity contribution in [2.24, 2.45) is 58.1 Å². The van der Waals surface area contributed by atoms with Gasteiger partial charge in [0.25, 0.3) is 0 Å². The highest BCUT2D eigenvalue weighted by molar-refractivity contribution is 5.09. The molecule has 1 N–H and O–H groups in total. The highest BCUT2D eigenvalue weighted by atomic mass is 16.3. The molecule has 29 heavy (non-hydrogen) atoms. The van der Waals surface area contributed by atoms with Gasteiger partial charge in [0.05, 0.1) is 6.10 Å². The number of rotatable bonds is 5. The smallest absolute Gasteiger partial charge is 0.0543 e. The molecule has 4 aliphatic rings. The summed E-state index contributed by atoms with van der Waals surface area (Å²) in [5.41, 5.74) is 0.678. The van der Waals surface area contributed by atoms with E-state index in [0.29, 0.717) is 35.0 Å². The van der Waals surface area contributed by atoms with Crippen LogP contribution in [0.1, 0.15) is 122 Å². The van der Waals surface area contributed by atoms with Crippen molar-refractivity contribution in [2.45, 2.75) is 118 Å². The van der Waals surface area contributed by atoms with E-state index < -0.39 is 25.5 Å². The van der Waals surface area contributed by atoms with Crippen molar-refractivity contribution in [1.29, 1.82) is 0 Å². The molecule has 0 spiro atoms. The number of aliphatic hydroxyl groups is 1. The minimum atomic E-state index is -2.84. The van der Waals surface area contributed by atoms with Crippen molar-refractivity contribution >= 4 is 0 Å². The van der Waals surface area contributed by atoms with Gasteiger partial charge in [0.2, 0.25) is 0 Å². The third-order valence-corrected chi connectivity index (χ3v) is 10.9. The van der Waals surface area contributed by atoms with Crippen molar-refractivity contribution in [3.05, 3.63) is 0 Å². The fourth-order valence-electron chi connectivity index (χ4n) is 9.07. The van der Waals surface area contributed by atoms with Crippen LogP contribution in [0.3, 0.4) is 0 Å². The molecule has 0 amide bonds. The second-order valence-corrected chi connectivity index (χ2v) is 12.2. The van der Waals surface area contributed by atoms with Crippen LogP contribution in [0.25, 0.3) is 0 Å². The number of fused-ring (bicyclic) bond motifs is 5. The number of hydrogen-bond donors (Lipinski definition) is 1. The predicted octanol–water partition coefficient (Wildman–Crippen LogP) is 7.71. The predicted molar refractivity (Wildman–Crippen MR) is 124 cm³/mol. The first-order chi connectivity index (χ1) is 16.5. The van der Waals surface area contributed by atoms with Gasteiger partial charge in [-0.1, -0.05) is 54.2 Å². The number of hydrogen-bond acceptors (Lipinski definition) is 1. The molecular weight excluding hydrogens is 352 g/mol. The van der Waals surface area contributed by atoms with Crippen LogP contribution in [0, 0.1) is 58.1 Å². The molecule has 0 aromatic carbocycles. The lowest BCUT2D eigenvalue weighted by Gasteiger charge is -2.61. The van der Waals surface area contributed by atoms with Gasteiger partial charge in [0.15, 0.2) is 0 Å². The molecule has 1 heteroatoms. The van der Waals surface area contributed by atoms with Gasteiger partial charge in [-0.25, -0.2) is 0 Å². The van der Waals surface area contributed by atoms with Gasteiger partial charge in [-0.3, -0.25) is 0 Å². The minimum Gasteiger partial charge on any atom is -0.393 e. The summed E-state index contributed by atoms with van der Waals surface area (Å²) in [6, 6.07) is 0. The zero-order chi connectivity index (χ0) is 26.9. The fraction of sp³-hybridized carbons (Fsp3) is 1.00. The van der Waals surface area contributed by atoms with Crippen molar-refractivity contribution in [3.63, 3.8) is 0 Å². The van der Waals surface area contributed by atoms with Crippen molar-refractivity contribution < 1.29 is 14.7 Å². The molecule has 0 radical (unpaired) electrons. The molecular formula is C28H50O. The standard InChI is InChI=1S/C28H50O/c1-18(2)19(3)7-8-20(4)24-11-12-25-23-10-9-21-17-22(29)13-15-27(21,5)26(23)14-16-28(24,25)6/h18-26,29H,7-17H2,1-6H3/t19-,20?,21+,22+,23+,24-,25+,26+,27+,28-/m1/s1/i1D3,2D3,18D. The summed E-state index contributed by atoms with van der Waals surface area (Å²) in [6.45, 7) is 3.31. The van der Waals surface area contributed by atoms with Gasteiger partial charge in [-0.15, -0.1) is 0 Å². The SMILES string of the molecule is [2H]C([2H])([2H])C([2H])([C@H](C)CCC(C)[C@H]1CC[C@H]2[C@@H]3CC[C@H]4C[C@@H](O)CC[C@]4(C)[C@H]3CC[C@]12C)C([2H])([2H])[2H]. The Morgan fingerprint density at radius 2 is 1.66 bits per heavy atom. The van der Waals surface area contributed by atoms with E-state index in [2.05, 4.69) is 20.8 Å². The van der Waals surface area contributed by atoms with Crippen LogP contribution in [-0.4, -0.2) is 11.2 Å². The summed E-state index contributed by atoms with van der Waals surface area (Å²) >= 11 is 0. The Hall–Kier alpha value is -0.0400. The van der Waals surface area contributed by atoms with E-state index in [4.69, 9.17) is 9.60 Å². The third kappa shape index (κ3) is 3.74. The van der Waals surface area contributed by atoms with Crippen LogP contribution in [-0.2, 0) is 0 Å². The maximum absolute atomic E-state index is 10.3. The van der Waals surface area contributed by atoms with Gasteiger partial charge < -0.3 is 5.11 Å². The zero-order valence-electron chi connectivity index (χ0n) is 26.3. The minimum absolute atomic E-state index is 0.106. The fourth-order valence-corrected chi connectivity index (χ4v) is 9.07. The van der Waals surface area contributed by atoms with E-state index in [1.807, 2.05) is 0 Å². The van der Waals surface area contributed by atoms with E-state index in [-0.39, 0.29) is 6.10 Å². The molecule has 4 saturated carbocycles. The Morgan fingerprint density at radius 3 is 2.41 bits per heavy atom. The van der Waals surface area contributed by atoms with Gasteiger partial charge in [0, 0.05) is 9.60 Å². The summed E-state index contributed by atoms with van der Waals surface area (Å²) in [7, 11) is 0. The molecule has 0 saturated heterocycles. The Morgan fingerprint density at radius 1 is 0.931 bits per heavy atom. The average Bonchev–Trinajstić information content (AvgIpc) is 3.12. The van der Waals surface area contributed by atoms with Gasteiger partial charge >= 0.3 is 0 Å². The summed E-state index contributed by atoms with van der Waals surface area (Å²) in [4.78, 5) is 0. The van der Waals surface area contributed by atoms with Gasteiger partial charge in [-0.05, 0) is 116 Å². The Labute approximate surface area is 191 Å². The lowest BCUT2D eigenvalue weighted by molar-refractivity contribution is -0.129. The Bertz CT molecular complexity index is 780. The van der Waals surface area contributed by atoms with Crippen LogP contribution in [0.4, 0.5) is 0 Å². The van der Waals surface area contributed by atoms with E-state index in [9.17, 15) is 5.11 Å². The molecule has 0 bridgehead atoms. The van der Waals surface area contributed by atoms with Crippen LogP contribution >= 0.6 is 0 Å². The number of aliphatic hydroxyl groups excluding tert-OH is 1. The Kier molecular flexibility index (Phi) is 4.19. The molecule has 168 valence electrons. The second-order valence-electron chi connectivity index (χ2n) is 12.2. The maximum atomic E-state index is 10.3. The first kappa shape index (κ1) is 14.9. The Balaban J connectivity index is 1.44. The van der Waals surface area contributed by atoms with Crippen molar-refractivity contribution in [2.75, 3.05) is 0 Å². The lowest BCUT2D eigenvalue weighted by Crippen LogP contribution is -2.54. The third-order valence-electron chi connectivity index (χ3n) is 10.9. The summed E-state index contributed by atoms with van der Waals surface area (Å²) in [5.74, 6) is 0.793. The lowest BCUT2D eigenvalue weighted by atomic mass is 9.44. The summed E-state index contributed by atoms with van der Waals surface area (Å²) in [6.07, 6.45) is 11.8. The van der Waals surface area contributed by atoms with Crippen molar-refractivity contribution in [1.82, 2.24) is 0 Å². The van der Waals surface area contributed by atoms with Crippen LogP contribution in [0.2, 0.25) is 0 Å². The summed E-state index contributed by atoms with van der Waals surface area (Å²) < 4.78 is 55.5. The molecule has 4 fully saturated rings. The highest BCUT2D eigenvalue weighted by Crippen LogP contribution is 2.68. The topological polar surface area (TPSA) is 20.2 Å². The average molecular weight is 410 g/mol. The van der Waals surface area contributed by atoms with E-state index in [0.717, 1.165) is 37.0 Å². The quantitative estimate of drug-likeness (QED) is 0.493. The molecule has 4 rings (SSSR count). The zero-order valence-corrected chi connectivity index (χ0v) is 19.3. The molecule has 0 aromatic rings. The van der Waals surface area contributed by atoms with Crippen molar-refractivity contribution in [3.8, 4) is 0 Å². The van der Waals surface area contributed by atoms with Crippen LogP contribution < -0.4 is 0 Å². The van der Waals surface area contributed by atoms with Crippen LogP contribution in [0.5, 0.6) is 0 Å². The maximum Gasteiger partial charge on any atom is 0.0543 e. The van der Waals surface area contributed by atoms with Gasteiger partial charge in [-0.2, -0.15) is 0 Å². The molecule has 0 heterocycles. The molecule has 0 aliphatic heterocycles. The van der Waals surface area contributed by atoms with Gasteiger partial charge in [0.1, 0.15) is 0 Å². The first-order valence-corrected chi connectivity index (χ1v) is 12.6. The molecule has 10 atom stereocenters. The summed E-state index contributed by atoms with van der Waals surface area (Å²) in [5, 5.41) is 10.3. The molecule has 0 aromatic heterocycles. The van der Waals surface area contributed by atoms with E-state index in [1.165, 1.54) is 44.9 Å². The van der Waals surface area contributed by atoms with E-state index >= 15 is 0 Å². The van der Waals surface area contributed by atoms with Crippen LogP contribution in [0.15, 0.2) is 0 Å². The monoisotopic (exact) mass is 409 g/mol. The van der Waals surface area contributed by atoms with E-state index in [1.54, 1.807) is 6.92 Å². The normalized spacial score (nSPS) is 54.0. The molecule has 1 nitrogen and oxygen atoms in total. The second kappa shape index (κ2) is 8.14.